The maximum atomic E-state index is 13.2. The van der Waals surface area contributed by atoms with Gasteiger partial charge in [-0.25, -0.2) is 12.4 Å². The average Bonchev–Trinajstić information content (AvgIpc) is 2.96. The smallest absolute Gasteiger partial charge is 0.268 e. The van der Waals surface area contributed by atoms with Crippen LogP contribution in [0.4, 0.5) is 0 Å². The van der Waals surface area contributed by atoms with E-state index >= 15 is 0 Å². The van der Waals surface area contributed by atoms with Crippen LogP contribution in [-0.2, 0) is 10.0 Å². The lowest BCUT2D eigenvalue weighted by Gasteiger charge is -2.11. The molecular weight excluding hydrogens is 324 g/mol. The van der Waals surface area contributed by atoms with Gasteiger partial charge in [0.2, 0.25) is 0 Å². The molecular formula is C17H16N4O2S. The third-order valence-corrected chi connectivity index (χ3v) is 5.44. The van der Waals surface area contributed by atoms with Gasteiger partial charge >= 0.3 is 0 Å². The molecule has 122 valence electrons. The number of nitrogens with zero attached hydrogens (tertiary/aromatic N) is 3. The Morgan fingerprint density at radius 3 is 2.46 bits per heavy atom. The minimum Gasteiger partial charge on any atom is -0.305 e. The molecule has 24 heavy (non-hydrogen) atoms. The van der Waals surface area contributed by atoms with Gasteiger partial charge in [-0.2, -0.15) is 0 Å². The molecule has 2 aromatic carbocycles. The van der Waals surface area contributed by atoms with Crippen molar-refractivity contribution in [3.63, 3.8) is 0 Å². The molecule has 1 aromatic heterocycles. The van der Waals surface area contributed by atoms with Crippen LogP contribution in [0.25, 0.3) is 16.6 Å². The second-order valence-electron chi connectivity index (χ2n) is 5.33. The van der Waals surface area contributed by atoms with Crippen LogP contribution in [0.1, 0.15) is 11.3 Å². The molecule has 3 rings (SSSR count). The summed E-state index contributed by atoms with van der Waals surface area (Å²) >= 11 is 0. The van der Waals surface area contributed by atoms with E-state index in [4.69, 9.17) is 5.84 Å². The van der Waals surface area contributed by atoms with Gasteiger partial charge in [-0.15, -0.1) is 5.11 Å². The van der Waals surface area contributed by atoms with Gasteiger partial charge in [0.15, 0.2) is 0 Å². The van der Waals surface area contributed by atoms with Crippen LogP contribution in [0.2, 0.25) is 0 Å². The number of nitrogens with two attached hydrogens (primary N) is 1. The molecule has 7 heteroatoms. The lowest BCUT2D eigenvalue weighted by Crippen LogP contribution is -2.15. The van der Waals surface area contributed by atoms with Gasteiger partial charge in [0.25, 0.3) is 10.0 Å². The van der Waals surface area contributed by atoms with Crippen molar-refractivity contribution in [2.75, 3.05) is 0 Å². The quantitative estimate of drug-likeness (QED) is 0.448. The van der Waals surface area contributed by atoms with Crippen LogP contribution in [0.15, 0.2) is 76.4 Å². The minimum absolute atomic E-state index is 0.171. The summed E-state index contributed by atoms with van der Waals surface area (Å²) in [6.45, 7) is 5.67. The van der Waals surface area contributed by atoms with E-state index in [1.165, 1.54) is 3.97 Å². The van der Waals surface area contributed by atoms with Crippen molar-refractivity contribution < 1.29 is 8.42 Å². The van der Waals surface area contributed by atoms with Crippen molar-refractivity contribution in [3.05, 3.63) is 72.4 Å². The second-order valence-corrected chi connectivity index (χ2v) is 7.12. The lowest BCUT2D eigenvalue weighted by atomic mass is 10.2. The van der Waals surface area contributed by atoms with Crippen molar-refractivity contribution >= 4 is 26.6 Å². The molecule has 0 radical (unpaired) electrons. The van der Waals surface area contributed by atoms with Crippen LogP contribution in [0.3, 0.4) is 0 Å². The Morgan fingerprint density at radius 2 is 1.79 bits per heavy atom. The summed E-state index contributed by atoms with van der Waals surface area (Å²) in [6.07, 6.45) is 0. The third-order valence-electron chi connectivity index (χ3n) is 3.70. The van der Waals surface area contributed by atoms with E-state index in [0.717, 1.165) is 10.9 Å². The van der Waals surface area contributed by atoms with E-state index in [0.29, 0.717) is 11.2 Å². The Morgan fingerprint density at radius 1 is 1.12 bits per heavy atom. The predicted octanol–water partition coefficient (Wildman–Crippen LogP) is 3.48. The Bertz CT molecular complexity index is 1050. The summed E-state index contributed by atoms with van der Waals surface area (Å²) in [5.41, 5.74) is 2.02. The van der Waals surface area contributed by atoms with Crippen LogP contribution in [0, 0.1) is 6.92 Å². The van der Waals surface area contributed by atoms with Gasteiger partial charge < -0.3 is 5.84 Å². The zero-order chi connectivity index (χ0) is 17.3. The van der Waals surface area contributed by atoms with Gasteiger partial charge in [-0.05, 0) is 31.2 Å². The normalized spacial score (nSPS) is 12.0. The van der Waals surface area contributed by atoms with Gasteiger partial charge in [0.1, 0.15) is 5.70 Å². The number of hydrogen-bond acceptors (Lipinski definition) is 4. The number of aromatic nitrogens is 1. The zero-order valence-electron chi connectivity index (χ0n) is 13.0. The second kappa shape index (κ2) is 5.93. The Hall–Kier alpha value is -2.93. The minimum atomic E-state index is -3.82. The third kappa shape index (κ3) is 2.59. The van der Waals surface area contributed by atoms with Crippen molar-refractivity contribution in [1.82, 2.24) is 3.97 Å². The largest absolute Gasteiger partial charge is 0.305 e. The highest BCUT2D eigenvalue weighted by atomic mass is 32.2. The molecule has 0 aliphatic rings. The number of rotatable bonds is 4. The number of hydrogen-bond donors (Lipinski definition) is 1. The first-order valence-electron chi connectivity index (χ1n) is 7.18. The molecule has 0 aliphatic heterocycles. The molecule has 0 aliphatic carbocycles. The molecule has 0 saturated heterocycles. The van der Waals surface area contributed by atoms with E-state index in [2.05, 4.69) is 16.9 Å². The fourth-order valence-corrected chi connectivity index (χ4v) is 4.06. The molecule has 0 atom stereocenters. The first kappa shape index (κ1) is 15.9. The van der Waals surface area contributed by atoms with Crippen molar-refractivity contribution in [2.24, 2.45) is 16.2 Å². The highest BCUT2D eigenvalue weighted by Gasteiger charge is 2.24. The Kier molecular flexibility index (Phi) is 3.94. The fourth-order valence-electron chi connectivity index (χ4n) is 2.53. The molecule has 1 heterocycles. The first-order valence-corrected chi connectivity index (χ1v) is 8.62. The van der Waals surface area contributed by atoms with Gasteiger partial charge in [0.05, 0.1) is 16.1 Å². The standard InChI is InChI=1S/C17H16N4O2S/c1-12-7-9-15(10-8-12)24(22,23)21-16-6-4-3-5-14(16)11-17(21)13(2)19-20-18/h3-11H,2H2,1H3,(H2,18,19). The van der Waals surface area contributed by atoms with Crippen molar-refractivity contribution in [3.8, 4) is 0 Å². The summed E-state index contributed by atoms with van der Waals surface area (Å²) in [5, 5.41) is 7.66. The highest BCUT2D eigenvalue weighted by Crippen LogP contribution is 2.29. The number of para-hydroxylation sites is 1. The first-order chi connectivity index (χ1) is 11.4. The zero-order valence-corrected chi connectivity index (χ0v) is 13.9. The Balaban J connectivity index is 2.33. The van der Waals surface area contributed by atoms with E-state index in [1.54, 1.807) is 42.5 Å². The molecule has 2 N–H and O–H groups in total. The lowest BCUT2D eigenvalue weighted by molar-refractivity contribution is 0.588. The topological polar surface area (TPSA) is 89.8 Å². The van der Waals surface area contributed by atoms with Crippen LogP contribution < -0.4 is 5.84 Å². The summed E-state index contributed by atoms with van der Waals surface area (Å²) in [4.78, 5) is 0.188. The molecule has 0 fully saturated rings. The maximum Gasteiger partial charge on any atom is 0.268 e. The van der Waals surface area contributed by atoms with E-state index in [9.17, 15) is 8.42 Å². The molecule has 0 unspecified atom stereocenters. The summed E-state index contributed by atoms with van der Waals surface area (Å²) in [5.74, 6) is 5.09. The van der Waals surface area contributed by atoms with E-state index < -0.39 is 10.0 Å². The fraction of sp³-hybridized carbons (Fsp3) is 0.0588. The van der Waals surface area contributed by atoms with Gasteiger partial charge in [-0.3, -0.25) is 0 Å². The monoisotopic (exact) mass is 340 g/mol. The summed E-state index contributed by atoms with van der Waals surface area (Å²) < 4.78 is 27.6. The Labute approximate surface area is 140 Å². The van der Waals surface area contributed by atoms with E-state index in [-0.39, 0.29) is 10.6 Å². The van der Waals surface area contributed by atoms with E-state index in [1.807, 2.05) is 19.1 Å². The number of benzene rings is 2. The molecule has 3 aromatic rings. The predicted molar refractivity (Wildman–Crippen MR) is 93.8 cm³/mol. The molecule has 0 spiro atoms. The number of aryl methyl sites for hydroxylation is 1. The summed E-state index contributed by atoms with van der Waals surface area (Å²) in [6, 6.07) is 15.6. The SMILES string of the molecule is C=C(N=NN)c1cc2ccccc2n1S(=O)(=O)c1ccc(C)cc1. The molecule has 0 amide bonds. The maximum absolute atomic E-state index is 13.2. The van der Waals surface area contributed by atoms with Crippen LogP contribution in [-0.4, -0.2) is 12.4 Å². The van der Waals surface area contributed by atoms with Crippen molar-refractivity contribution in [2.45, 2.75) is 11.8 Å². The van der Waals surface area contributed by atoms with Gasteiger partial charge in [0, 0.05) is 5.39 Å². The molecule has 6 nitrogen and oxygen atoms in total. The highest BCUT2D eigenvalue weighted by molar-refractivity contribution is 7.90. The molecule has 0 bridgehead atoms. The number of fused-ring (bicyclic) bond motifs is 1. The van der Waals surface area contributed by atoms with Crippen LogP contribution in [0.5, 0.6) is 0 Å². The van der Waals surface area contributed by atoms with Crippen LogP contribution >= 0.6 is 0 Å². The van der Waals surface area contributed by atoms with Gasteiger partial charge in [-0.1, -0.05) is 47.7 Å². The average molecular weight is 340 g/mol. The summed E-state index contributed by atoms with van der Waals surface area (Å²) in [7, 11) is -3.82. The molecule has 0 saturated carbocycles. The van der Waals surface area contributed by atoms with Crippen molar-refractivity contribution in [1.29, 1.82) is 0 Å².